The molecule has 1 aliphatic carbocycles. The SMILES string of the molecule is CCOC1C(C)C(C)(C)C(C)C1(C)C. The van der Waals surface area contributed by atoms with Crippen LogP contribution in [0.3, 0.4) is 0 Å². The van der Waals surface area contributed by atoms with Gasteiger partial charge >= 0.3 is 0 Å². The second-order valence-electron chi connectivity index (χ2n) is 6.03. The molecule has 0 aromatic heterocycles. The van der Waals surface area contributed by atoms with Gasteiger partial charge in [-0.15, -0.1) is 0 Å². The van der Waals surface area contributed by atoms with E-state index in [9.17, 15) is 0 Å². The maximum absolute atomic E-state index is 5.94. The molecule has 1 nitrogen and oxygen atoms in total. The van der Waals surface area contributed by atoms with Gasteiger partial charge in [0.2, 0.25) is 0 Å². The van der Waals surface area contributed by atoms with Crippen LogP contribution in [0.2, 0.25) is 0 Å². The van der Waals surface area contributed by atoms with Gasteiger partial charge < -0.3 is 4.74 Å². The molecule has 84 valence electrons. The van der Waals surface area contributed by atoms with E-state index >= 15 is 0 Å². The molecule has 14 heavy (non-hydrogen) atoms. The third kappa shape index (κ3) is 1.50. The van der Waals surface area contributed by atoms with Crippen molar-refractivity contribution in [1.29, 1.82) is 0 Å². The molecule has 0 aromatic carbocycles. The molecule has 0 saturated heterocycles. The van der Waals surface area contributed by atoms with Crippen LogP contribution >= 0.6 is 0 Å². The van der Waals surface area contributed by atoms with Crippen LogP contribution in [0.15, 0.2) is 0 Å². The fourth-order valence-electron chi connectivity index (χ4n) is 3.17. The van der Waals surface area contributed by atoms with Crippen LogP contribution in [0.25, 0.3) is 0 Å². The molecule has 0 bridgehead atoms. The van der Waals surface area contributed by atoms with Crippen LogP contribution in [0.4, 0.5) is 0 Å². The Hall–Kier alpha value is -0.0400. The Balaban J connectivity index is 2.97. The summed E-state index contributed by atoms with van der Waals surface area (Å²) >= 11 is 0. The maximum Gasteiger partial charge on any atom is 0.0659 e. The molecular formula is C13H26O. The first kappa shape index (κ1) is 12.0. The van der Waals surface area contributed by atoms with Crippen molar-refractivity contribution in [2.24, 2.45) is 22.7 Å². The van der Waals surface area contributed by atoms with Gasteiger partial charge in [0.05, 0.1) is 6.10 Å². The molecule has 0 heterocycles. The number of ether oxygens (including phenoxy) is 1. The van der Waals surface area contributed by atoms with Crippen molar-refractivity contribution >= 4 is 0 Å². The quantitative estimate of drug-likeness (QED) is 0.657. The lowest BCUT2D eigenvalue weighted by molar-refractivity contribution is -0.0313. The molecule has 1 aliphatic rings. The molecule has 0 aromatic rings. The molecule has 1 fully saturated rings. The monoisotopic (exact) mass is 198 g/mol. The van der Waals surface area contributed by atoms with Gasteiger partial charge in [-0.3, -0.25) is 0 Å². The van der Waals surface area contributed by atoms with Crippen molar-refractivity contribution in [3.8, 4) is 0 Å². The highest BCUT2D eigenvalue weighted by atomic mass is 16.5. The van der Waals surface area contributed by atoms with Crippen molar-refractivity contribution in [2.75, 3.05) is 6.61 Å². The minimum atomic E-state index is 0.304. The lowest BCUT2D eigenvalue weighted by Crippen LogP contribution is -2.32. The Labute approximate surface area is 89.2 Å². The third-order valence-corrected chi connectivity index (χ3v) is 4.94. The maximum atomic E-state index is 5.94. The molecule has 1 heteroatoms. The number of rotatable bonds is 2. The van der Waals surface area contributed by atoms with E-state index in [4.69, 9.17) is 4.74 Å². The highest BCUT2D eigenvalue weighted by molar-refractivity contribution is 5.04. The predicted molar refractivity (Wildman–Crippen MR) is 61.3 cm³/mol. The Kier molecular flexibility index (Phi) is 3.02. The lowest BCUT2D eigenvalue weighted by Gasteiger charge is -2.33. The molecular weight excluding hydrogens is 172 g/mol. The third-order valence-electron chi connectivity index (χ3n) is 4.94. The van der Waals surface area contributed by atoms with E-state index in [1.54, 1.807) is 0 Å². The van der Waals surface area contributed by atoms with E-state index in [1.165, 1.54) is 0 Å². The summed E-state index contributed by atoms with van der Waals surface area (Å²) in [7, 11) is 0. The summed E-state index contributed by atoms with van der Waals surface area (Å²) in [5, 5.41) is 0. The Morgan fingerprint density at radius 1 is 1.00 bits per heavy atom. The van der Waals surface area contributed by atoms with Crippen LogP contribution in [-0.2, 0) is 4.74 Å². The van der Waals surface area contributed by atoms with E-state index in [-0.39, 0.29) is 0 Å². The van der Waals surface area contributed by atoms with Gasteiger partial charge in [0.25, 0.3) is 0 Å². The topological polar surface area (TPSA) is 9.23 Å². The van der Waals surface area contributed by atoms with Gasteiger partial charge in [-0.1, -0.05) is 41.5 Å². The standard InChI is InChI=1S/C13H26O/c1-8-14-11-9(2)12(4,5)10(3)13(11,6)7/h9-11H,8H2,1-7H3. The summed E-state index contributed by atoms with van der Waals surface area (Å²) in [4.78, 5) is 0. The van der Waals surface area contributed by atoms with Gasteiger partial charge in [-0.25, -0.2) is 0 Å². The normalized spacial score (nSPS) is 40.1. The zero-order valence-corrected chi connectivity index (χ0v) is 10.8. The first-order valence-corrected chi connectivity index (χ1v) is 5.87. The van der Waals surface area contributed by atoms with E-state index in [2.05, 4.69) is 48.5 Å². The number of hydrogen-bond acceptors (Lipinski definition) is 1. The summed E-state index contributed by atoms with van der Waals surface area (Å²) < 4.78 is 5.94. The Morgan fingerprint density at radius 2 is 1.50 bits per heavy atom. The second-order valence-corrected chi connectivity index (χ2v) is 6.03. The zero-order valence-electron chi connectivity index (χ0n) is 10.8. The van der Waals surface area contributed by atoms with E-state index < -0.39 is 0 Å². The summed E-state index contributed by atoms with van der Waals surface area (Å²) in [6.45, 7) is 17.1. The highest BCUT2D eigenvalue weighted by Gasteiger charge is 2.56. The first-order chi connectivity index (χ1) is 6.26. The van der Waals surface area contributed by atoms with Crippen molar-refractivity contribution in [3.63, 3.8) is 0 Å². The van der Waals surface area contributed by atoms with Crippen molar-refractivity contribution in [1.82, 2.24) is 0 Å². The lowest BCUT2D eigenvalue weighted by atomic mass is 9.72. The Bertz CT molecular complexity index is 205. The molecule has 0 aliphatic heterocycles. The first-order valence-electron chi connectivity index (χ1n) is 5.87. The van der Waals surface area contributed by atoms with Crippen LogP contribution < -0.4 is 0 Å². The van der Waals surface area contributed by atoms with Gasteiger partial charge in [-0.2, -0.15) is 0 Å². The second kappa shape index (κ2) is 3.52. The molecule has 0 radical (unpaired) electrons. The van der Waals surface area contributed by atoms with Gasteiger partial charge in [0.1, 0.15) is 0 Å². The smallest absolute Gasteiger partial charge is 0.0659 e. The molecule has 1 saturated carbocycles. The molecule has 3 unspecified atom stereocenters. The van der Waals surface area contributed by atoms with Gasteiger partial charge in [0, 0.05) is 6.61 Å². The molecule has 1 rings (SSSR count). The van der Waals surface area contributed by atoms with E-state index in [1.807, 2.05) is 0 Å². The van der Waals surface area contributed by atoms with Crippen LogP contribution in [-0.4, -0.2) is 12.7 Å². The molecule has 0 spiro atoms. The molecule has 0 amide bonds. The van der Waals surface area contributed by atoms with E-state index in [0.29, 0.717) is 28.8 Å². The average molecular weight is 198 g/mol. The van der Waals surface area contributed by atoms with Gasteiger partial charge in [-0.05, 0) is 29.6 Å². The Morgan fingerprint density at radius 3 is 1.79 bits per heavy atom. The van der Waals surface area contributed by atoms with Crippen LogP contribution in [0.5, 0.6) is 0 Å². The highest BCUT2D eigenvalue weighted by Crippen LogP contribution is 2.57. The minimum Gasteiger partial charge on any atom is -0.378 e. The largest absolute Gasteiger partial charge is 0.378 e. The predicted octanol–water partition coefficient (Wildman–Crippen LogP) is 3.73. The summed E-state index contributed by atoms with van der Waals surface area (Å²) in [6.07, 6.45) is 0.414. The van der Waals surface area contributed by atoms with Crippen molar-refractivity contribution < 1.29 is 4.74 Å². The summed E-state index contributed by atoms with van der Waals surface area (Å²) in [5.41, 5.74) is 0.697. The molecule has 0 N–H and O–H groups in total. The zero-order chi connectivity index (χ0) is 11.1. The summed E-state index contributed by atoms with van der Waals surface area (Å²) in [6, 6.07) is 0. The summed E-state index contributed by atoms with van der Waals surface area (Å²) in [5.74, 6) is 1.36. The molecule has 3 atom stereocenters. The number of hydrogen-bond donors (Lipinski definition) is 0. The van der Waals surface area contributed by atoms with E-state index in [0.717, 1.165) is 6.61 Å². The fraction of sp³-hybridized carbons (Fsp3) is 1.00. The van der Waals surface area contributed by atoms with Crippen molar-refractivity contribution in [2.45, 2.75) is 54.6 Å². The van der Waals surface area contributed by atoms with Crippen LogP contribution in [0, 0.1) is 22.7 Å². The van der Waals surface area contributed by atoms with Gasteiger partial charge in [0.15, 0.2) is 0 Å². The van der Waals surface area contributed by atoms with Crippen LogP contribution in [0.1, 0.15) is 48.5 Å². The minimum absolute atomic E-state index is 0.304. The van der Waals surface area contributed by atoms with Crippen molar-refractivity contribution in [3.05, 3.63) is 0 Å². The average Bonchev–Trinajstić information content (AvgIpc) is 2.19. The fourth-order valence-corrected chi connectivity index (χ4v) is 3.17.